The molecule has 2 aromatic rings. The van der Waals surface area contributed by atoms with Gasteiger partial charge >= 0.3 is 0 Å². The summed E-state index contributed by atoms with van der Waals surface area (Å²) in [4.78, 5) is 0. The van der Waals surface area contributed by atoms with Gasteiger partial charge in [-0.1, -0.05) is 12.1 Å². The summed E-state index contributed by atoms with van der Waals surface area (Å²) in [6.45, 7) is 1.86. The average Bonchev–Trinajstić information content (AvgIpc) is 3.00. The molecule has 0 aliphatic carbocycles. The Hall–Kier alpha value is -1.68. The Morgan fingerprint density at radius 3 is 2.53 bits per heavy atom. The molecule has 1 aliphatic rings. The van der Waals surface area contributed by atoms with Crippen LogP contribution in [0.25, 0.3) is 0 Å². The molecule has 1 aliphatic heterocycles. The summed E-state index contributed by atoms with van der Waals surface area (Å²) < 4.78 is 12.9. The van der Waals surface area contributed by atoms with Crippen molar-refractivity contribution < 1.29 is 4.39 Å². The topological polar surface area (TPSA) is 40.7 Å². The van der Waals surface area contributed by atoms with E-state index in [9.17, 15) is 4.39 Å². The van der Waals surface area contributed by atoms with Gasteiger partial charge in [-0.3, -0.25) is 5.10 Å². The quantitative estimate of drug-likeness (QED) is 0.830. The van der Waals surface area contributed by atoms with Crippen molar-refractivity contribution in [3.05, 3.63) is 53.6 Å². The van der Waals surface area contributed by atoms with E-state index in [2.05, 4.69) is 15.5 Å². The molecule has 1 fully saturated rings. The van der Waals surface area contributed by atoms with Gasteiger partial charge in [0.1, 0.15) is 5.82 Å². The van der Waals surface area contributed by atoms with Crippen LogP contribution in [0, 0.1) is 5.82 Å². The van der Waals surface area contributed by atoms with E-state index in [0.29, 0.717) is 11.8 Å². The Bertz CT molecular complexity index is 478. The van der Waals surface area contributed by atoms with Crippen LogP contribution in [-0.2, 0) is 0 Å². The molecule has 0 saturated carbocycles. The fourth-order valence-electron chi connectivity index (χ4n) is 2.54. The van der Waals surface area contributed by atoms with Crippen LogP contribution in [0.2, 0.25) is 0 Å². The zero-order valence-corrected chi connectivity index (χ0v) is 9.36. The molecular weight excluding hydrogens is 217 g/mol. The lowest BCUT2D eigenvalue weighted by Crippen LogP contribution is -2.09. The summed E-state index contributed by atoms with van der Waals surface area (Å²) in [5.74, 6) is 0.594. The Morgan fingerprint density at radius 2 is 1.82 bits per heavy atom. The number of nitrogens with one attached hydrogen (secondary N) is 2. The van der Waals surface area contributed by atoms with E-state index in [1.165, 1.54) is 17.7 Å². The number of H-pyrrole nitrogens is 1. The molecule has 3 nitrogen and oxygen atoms in total. The third-order valence-corrected chi connectivity index (χ3v) is 3.43. The van der Waals surface area contributed by atoms with Crippen LogP contribution in [-0.4, -0.2) is 23.3 Å². The Balaban J connectivity index is 1.89. The van der Waals surface area contributed by atoms with Gasteiger partial charge in [0, 0.05) is 36.8 Å². The minimum atomic E-state index is -0.183. The number of hydrogen-bond acceptors (Lipinski definition) is 2. The monoisotopic (exact) mass is 231 g/mol. The third-order valence-electron chi connectivity index (χ3n) is 3.43. The summed E-state index contributed by atoms with van der Waals surface area (Å²) in [6, 6.07) is 8.80. The Kier molecular flexibility index (Phi) is 2.65. The van der Waals surface area contributed by atoms with Crippen molar-refractivity contribution in [3.63, 3.8) is 0 Å². The third kappa shape index (κ3) is 1.96. The molecule has 0 spiro atoms. The maximum Gasteiger partial charge on any atom is 0.123 e. The van der Waals surface area contributed by atoms with Gasteiger partial charge in [-0.25, -0.2) is 4.39 Å². The fourth-order valence-corrected chi connectivity index (χ4v) is 2.54. The molecule has 3 rings (SSSR count). The predicted octanol–water partition coefficient (Wildman–Crippen LogP) is 2.02. The van der Waals surface area contributed by atoms with Crippen LogP contribution in [0.15, 0.2) is 36.5 Å². The first-order valence-corrected chi connectivity index (χ1v) is 5.80. The van der Waals surface area contributed by atoms with Crippen molar-refractivity contribution in [2.45, 2.75) is 11.8 Å². The van der Waals surface area contributed by atoms with Gasteiger partial charge in [0.15, 0.2) is 0 Å². The normalized spacial score (nSPS) is 24.1. The second kappa shape index (κ2) is 4.30. The molecule has 0 unspecified atom stereocenters. The molecule has 1 saturated heterocycles. The SMILES string of the molecule is Fc1ccc([C@H]2CNC[C@@H]2c2ccn[nH]2)cc1. The van der Waals surface area contributed by atoms with E-state index in [0.717, 1.165) is 18.8 Å². The Labute approximate surface area is 99.1 Å². The lowest BCUT2D eigenvalue weighted by molar-refractivity contribution is 0.618. The highest BCUT2D eigenvalue weighted by Crippen LogP contribution is 2.34. The largest absolute Gasteiger partial charge is 0.315 e. The second-order valence-corrected chi connectivity index (χ2v) is 4.43. The zero-order chi connectivity index (χ0) is 11.7. The minimum Gasteiger partial charge on any atom is -0.315 e. The number of benzene rings is 1. The van der Waals surface area contributed by atoms with Crippen LogP contribution in [0.5, 0.6) is 0 Å². The molecule has 88 valence electrons. The van der Waals surface area contributed by atoms with Gasteiger partial charge in [-0.05, 0) is 23.8 Å². The molecule has 4 heteroatoms. The van der Waals surface area contributed by atoms with Crippen molar-refractivity contribution in [3.8, 4) is 0 Å². The number of hydrogen-bond donors (Lipinski definition) is 2. The second-order valence-electron chi connectivity index (χ2n) is 4.43. The van der Waals surface area contributed by atoms with E-state index in [4.69, 9.17) is 0 Å². The van der Waals surface area contributed by atoms with Crippen LogP contribution < -0.4 is 5.32 Å². The van der Waals surface area contributed by atoms with Crippen molar-refractivity contribution in [1.82, 2.24) is 15.5 Å². The molecule has 1 aromatic heterocycles. The van der Waals surface area contributed by atoms with Crippen molar-refractivity contribution in [2.75, 3.05) is 13.1 Å². The standard InChI is InChI=1S/C13H14FN3/c14-10-3-1-9(2-4-10)11-7-15-8-12(11)13-5-6-16-17-13/h1-6,11-12,15H,7-8H2,(H,16,17)/t11-,12+/m1/s1. The zero-order valence-electron chi connectivity index (χ0n) is 9.36. The highest BCUT2D eigenvalue weighted by Gasteiger charge is 2.30. The molecule has 0 amide bonds. The molecule has 0 radical (unpaired) electrons. The van der Waals surface area contributed by atoms with E-state index < -0.39 is 0 Å². The summed E-state index contributed by atoms with van der Waals surface area (Å²) in [5.41, 5.74) is 2.32. The molecule has 17 heavy (non-hydrogen) atoms. The molecular formula is C13H14FN3. The van der Waals surface area contributed by atoms with E-state index in [1.807, 2.05) is 18.2 Å². The smallest absolute Gasteiger partial charge is 0.123 e. The Morgan fingerprint density at radius 1 is 1.06 bits per heavy atom. The highest BCUT2D eigenvalue weighted by atomic mass is 19.1. The van der Waals surface area contributed by atoms with Crippen LogP contribution >= 0.6 is 0 Å². The average molecular weight is 231 g/mol. The molecule has 2 atom stereocenters. The maximum atomic E-state index is 12.9. The summed E-state index contributed by atoms with van der Waals surface area (Å²) in [6.07, 6.45) is 1.77. The molecule has 0 bridgehead atoms. The summed E-state index contributed by atoms with van der Waals surface area (Å²) in [7, 11) is 0. The summed E-state index contributed by atoms with van der Waals surface area (Å²) >= 11 is 0. The van der Waals surface area contributed by atoms with Gasteiger partial charge in [-0.2, -0.15) is 5.10 Å². The van der Waals surface area contributed by atoms with Crippen LogP contribution in [0.3, 0.4) is 0 Å². The first kappa shape index (κ1) is 10.5. The van der Waals surface area contributed by atoms with Crippen LogP contribution in [0.1, 0.15) is 23.1 Å². The first-order valence-electron chi connectivity index (χ1n) is 5.80. The van der Waals surface area contributed by atoms with Gasteiger partial charge in [-0.15, -0.1) is 0 Å². The number of nitrogens with zero attached hydrogens (tertiary/aromatic N) is 1. The fraction of sp³-hybridized carbons (Fsp3) is 0.308. The van der Waals surface area contributed by atoms with Crippen LogP contribution in [0.4, 0.5) is 4.39 Å². The number of halogens is 1. The van der Waals surface area contributed by atoms with Gasteiger partial charge in [0.25, 0.3) is 0 Å². The predicted molar refractivity (Wildman–Crippen MR) is 63.3 cm³/mol. The molecule has 1 aromatic carbocycles. The van der Waals surface area contributed by atoms with Gasteiger partial charge in [0.05, 0.1) is 0 Å². The first-order chi connectivity index (χ1) is 8.34. The molecule has 2 N–H and O–H groups in total. The van der Waals surface area contributed by atoms with E-state index in [1.54, 1.807) is 6.20 Å². The maximum absolute atomic E-state index is 12.9. The van der Waals surface area contributed by atoms with E-state index >= 15 is 0 Å². The number of rotatable bonds is 2. The summed E-state index contributed by atoms with van der Waals surface area (Å²) in [5, 5.41) is 10.4. The lowest BCUT2D eigenvalue weighted by Gasteiger charge is -2.17. The van der Waals surface area contributed by atoms with Gasteiger partial charge in [0.2, 0.25) is 0 Å². The lowest BCUT2D eigenvalue weighted by atomic mass is 9.87. The van der Waals surface area contributed by atoms with Gasteiger partial charge < -0.3 is 5.32 Å². The highest BCUT2D eigenvalue weighted by molar-refractivity contribution is 5.28. The van der Waals surface area contributed by atoms with Crippen molar-refractivity contribution in [2.24, 2.45) is 0 Å². The van der Waals surface area contributed by atoms with Crippen molar-refractivity contribution >= 4 is 0 Å². The van der Waals surface area contributed by atoms with E-state index in [-0.39, 0.29) is 5.82 Å². The number of aromatic amines is 1. The van der Waals surface area contributed by atoms with Crippen molar-refractivity contribution in [1.29, 1.82) is 0 Å². The number of aromatic nitrogens is 2. The molecule has 2 heterocycles. The minimum absolute atomic E-state index is 0.183.